The van der Waals surface area contributed by atoms with E-state index in [2.05, 4.69) is 4.98 Å². The van der Waals surface area contributed by atoms with Crippen molar-refractivity contribution in [3.05, 3.63) is 60.7 Å². The van der Waals surface area contributed by atoms with E-state index in [-0.39, 0.29) is 4.90 Å². The number of benzene rings is 2. The van der Waals surface area contributed by atoms with E-state index < -0.39 is 10.1 Å². The second kappa shape index (κ2) is 7.23. The van der Waals surface area contributed by atoms with Crippen LogP contribution in [-0.2, 0) is 10.1 Å². The number of nitrogen functional groups attached to an aromatic ring is 2. The largest absolute Gasteiger partial charge is 0.382 e. The third-order valence-electron chi connectivity index (χ3n) is 2.75. The van der Waals surface area contributed by atoms with Crippen molar-refractivity contribution in [3.8, 4) is 10.4 Å². The van der Waals surface area contributed by atoms with Crippen molar-refractivity contribution in [1.82, 2.24) is 4.98 Å². The van der Waals surface area contributed by atoms with Gasteiger partial charge in [-0.25, -0.2) is 4.98 Å². The van der Waals surface area contributed by atoms with Crippen molar-refractivity contribution in [2.45, 2.75) is 4.90 Å². The summed E-state index contributed by atoms with van der Waals surface area (Å²) in [6, 6.07) is 17.3. The second-order valence-electron chi connectivity index (χ2n) is 4.42. The number of hydrogen-bond donors (Lipinski definition) is 3. The van der Waals surface area contributed by atoms with Crippen molar-refractivity contribution < 1.29 is 13.0 Å². The molecular formula is C15H15N3O3S2. The highest BCUT2D eigenvalue weighted by Crippen LogP contribution is 2.32. The minimum atomic E-state index is -4.00. The lowest BCUT2D eigenvalue weighted by atomic mass is 10.2. The van der Waals surface area contributed by atoms with Gasteiger partial charge < -0.3 is 11.5 Å². The van der Waals surface area contributed by atoms with Crippen LogP contribution in [-0.4, -0.2) is 18.0 Å². The van der Waals surface area contributed by atoms with Crippen molar-refractivity contribution in [3.63, 3.8) is 0 Å². The molecule has 5 N–H and O–H groups in total. The molecule has 0 radical (unpaired) electrons. The molecule has 0 aliphatic rings. The first kappa shape index (κ1) is 16.9. The van der Waals surface area contributed by atoms with Crippen LogP contribution in [0, 0.1) is 0 Å². The molecule has 0 unspecified atom stereocenters. The van der Waals surface area contributed by atoms with Gasteiger partial charge in [-0.2, -0.15) is 8.42 Å². The Morgan fingerprint density at radius 3 is 1.83 bits per heavy atom. The molecule has 0 amide bonds. The predicted molar refractivity (Wildman–Crippen MR) is 92.6 cm³/mol. The molecule has 0 bridgehead atoms. The van der Waals surface area contributed by atoms with E-state index >= 15 is 0 Å². The fourth-order valence-corrected chi connectivity index (χ4v) is 3.00. The fourth-order valence-electron chi connectivity index (χ4n) is 1.74. The molecule has 6 nitrogen and oxygen atoms in total. The molecule has 0 fully saturated rings. The zero-order chi connectivity index (χ0) is 16.9. The van der Waals surface area contributed by atoms with E-state index in [1.54, 1.807) is 18.2 Å². The highest BCUT2D eigenvalue weighted by atomic mass is 32.2. The summed E-state index contributed by atoms with van der Waals surface area (Å²) < 4.78 is 29.2. The molecule has 3 aromatic rings. The minimum absolute atomic E-state index is 0.0741. The Morgan fingerprint density at radius 2 is 1.43 bits per heavy atom. The third kappa shape index (κ3) is 4.78. The normalized spacial score (nSPS) is 10.7. The van der Waals surface area contributed by atoms with Gasteiger partial charge in [0.05, 0.1) is 9.77 Å². The standard InChI is InChI=1S/C9H9N3S.C6H6O3S/c10-8-7(13-9(11)12-8)6-4-2-1-3-5-6;7-10(8,9)6-4-2-1-3-5-6/h1-5H,10H2,(H2,11,12);1-5H,(H,7,8,9). The Morgan fingerprint density at radius 1 is 0.913 bits per heavy atom. The van der Waals surface area contributed by atoms with Gasteiger partial charge in [-0.05, 0) is 17.7 Å². The number of rotatable bonds is 2. The Balaban J connectivity index is 0.000000174. The lowest BCUT2D eigenvalue weighted by Crippen LogP contribution is -1.96. The summed E-state index contributed by atoms with van der Waals surface area (Å²) in [7, 11) is -4.00. The summed E-state index contributed by atoms with van der Waals surface area (Å²) in [5.74, 6) is 0.508. The Labute approximate surface area is 138 Å². The summed E-state index contributed by atoms with van der Waals surface area (Å²) in [5, 5.41) is 0.511. The number of nitrogens with zero attached hydrogens (tertiary/aromatic N) is 1. The molecule has 8 heteroatoms. The maximum absolute atomic E-state index is 10.4. The van der Waals surface area contributed by atoms with E-state index in [4.69, 9.17) is 16.0 Å². The van der Waals surface area contributed by atoms with Gasteiger partial charge in [0.15, 0.2) is 5.13 Å². The number of thiazole rings is 1. The highest BCUT2D eigenvalue weighted by molar-refractivity contribution is 7.85. The van der Waals surface area contributed by atoms with Crippen LogP contribution in [0.3, 0.4) is 0 Å². The number of hydrogen-bond acceptors (Lipinski definition) is 6. The molecule has 0 saturated heterocycles. The van der Waals surface area contributed by atoms with Gasteiger partial charge in [-0.1, -0.05) is 59.9 Å². The van der Waals surface area contributed by atoms with Gasteiger partial charge in [0.2, 0.25) is 0 Å². The van der Waals surface area contributed by atoms with Gasteiger partial charge in [0.1, 0.15) is 5.82 Å². The highest BCUT2D eigenvalue weighted by Gasteiger charge is 2.07. The first-order chi connectivity index (χ1) is 10.9. The zero-order valence-electron chi connectivity index (χ0n) is 12.0. The summed E-state index contributed by atoms with van der Waals surface area (Å²) >= 11 is 1.41. The van der Waals surface area contributed by atoms with Crippen LogP contribution < -0.4 is 11.5 Å². The monoisotopic (exact) mass is 349 g/mol. The maximum atomic E-state index is 10.4. The van der Waals surface area contributed by atoms with E-state index in [9.17, 15) is 8.42 Å². The molecular weight excluding hydrogens is 334 g/mol. The predicted octanol–water partition coefficient (Wildman–Crippen LogP) is 2.91. The van der Waals surface area contributed by atoms with E-state index in [1.165, 1.54) is 23.5 Å². The lowest BCUT2D eigenvalue weighted by Gasteiger charge is -1.95. The van der Waals surface area contributed by atoms with Crippen LogP contribution in [0.25, 0.3) is 10.4 Å². The summed E-state index contributed by atoms with van der Waals surface area (Å²) in [6.07, 6.45) is 0. The Bertz CT molecular complexity index is 863. The SMILES string of the molecule is Nc1nc(N)c(-c2ccccc2)s1.O=S(=O)(O)c1ccccc1. The smallest absolute Gasteiger partial charge is 0.294 e. The van der Waals surface area contributed by atoms with Gasteiger partial charge in [-0.15, -0.1) is 0 Å². The molecule has 0 aliphatic carbocycles. The van der Waals surface area contributed by atoms with Crippen LogP contribution in [0.2, 0.25) is 0 Å². The van der Waals surface area contributed by atoms with Gasteiger partial charge in [0.25, 0.3) is 10.1 Å². The van der Waals surface area contributed by atoms with Crippen molar-refractivity contribution in [1.29, 1.82) is 0 Å². The molecule has 120 valence electrons. The number of anilines is 2. The van der Waals surface area contributed by atoms with E-state index in [0.717, 1.165) is 10.4 Å². The third-order valence-corrected chi connectivity index (χ3v) is 4.56. The average molecular weight is 349 g/mol. The first-order valence-corrected chi connectivity index (χ1v) is 8.73. The summed E-state index contributed by atoms with van der Waals surface area (Å²) in [4.78, 5) is 4.83. The molecule has 3 rings (SSSR count). The van der Waals surface area contributed by atoms with Gasteiger partial charge >= 0.3 is 0 Å². The molecule has 0 aliphatic heterocycles. The Hall–Kier alpha value is -2.42. The fraction of sp³-hybridized carbons (Fsp3) is 0. The van der Waals surface area contributed by atoms with Crippen molar-refractivity contribution >= 4 is 32.4 Å². The molecule has 2 aromatic carbocycles. The lowest BCUT2D eigenvalue weighted by molar-refractivity contribution is 0.483. The van der Waals surface area contributed by atoms with Crippen LogP contribution >= 0.6 is 11.3 Å². The average Bonchev–Trinajstić information content (AvgIpc) is 2.87. The van der Waals surface area contributed by atoms with Gasteiger partial charge in [0, 0.05) is 0 Å². The van der Waals surface area contributed by atoms with Crippen LogP contribution in [0.15, 0.2) is 65.6 Å². The molecule has 1 aromatic heterocycles. The van der Waals surface area contributed by atoms with E-state index in [1.807, 2.05) is 30.3 Å². The van der Waals surface area contributed by atoms with E-state index in [0.29, 0.717) is 10.9 Å². The topological polar surface area (TPSA) is 119 Å². The second-order valence-corrected chi connectivity index (χ2v) is 6.87. The Kier molecular flexibility index (Phi) is 5.32. The summed E-state index contributed by atoms with van der Waals surface area (Å²) in [5.41, 5.74) is 12.3. The van der Waals surface area contributed by atoms with Crippen molar-refractivity contribution in [2.75, 3.05) is 11.5 Å². The number of nitrogens with two attached hydrogens (primary N) is 2. The molecule has 0 saturated carbocycles. The zero-order valence-corrected chi connectivity index (χ0v) is 13.6. The number of aromatic nitrogens is 1. The molecule has 1 heterocycles. The molecule has 0 atom stereocenters. The van der Waals surface area contributed by atoms with Gasteiger partial charge in [-0.3, -0.25) is 4.55 Å². The van der Waals surface area contributed by atoms with Crippen LogP contribution in [0.4, 0.5) is 10.9 Å². The molecule has 23 heavy (non-hydrogen) atoms. The maximum Gasteiger partial charge on any atom is 0.294 e. The van der Waals surface area contributed by atoms with Crippen molar-refractivity contribution in [2.24, 2.45) is 0 Å². The quantitative estimate of drug-likeness (QED) is 0.612. The minimum Gasteiger partial charge on any atom is -0.382 e. The molecule has 0 spiro atoms. The first-order valence-electron chi connectivity index (χ1n) is 6.47. The summed E-state index contributed by atoms with van der Waals surface area (Å²) in [6.45, 7) is 0. The van der Waals surface area contributed by atoms with Crippen LogP contribution in [0.5, 0.6) is 0 Å². The van der Waals surface area contributed by atoms with Crippen LogP contribution in [0.1, 0.15) is 0 Å².